The normalized spacial score (nSPS) is 10.8. The number of thioether (sulfide) groups is 1. The van der Waals surface area contributed by atoms with Gasteiger partial charge in [0.2, 0.25) is 17.0 Å². The third kappa shape index (κ3) is 4.64. The van der Waals surface area contributed by atoms with Crippen LogP contribution < -0.4 is 5.32 Å². The van der Waals surface area contributed by atoms with Crippen molar-refractivity contribution in [1.82, 2.24) is 25.2 Å². The van der Waals surface area contributed by atoms with Crippen molar-refractivity contribution in [3.63, 3.8) is 0 Å². The summed E-state index contributed by atoms with van der Waals surface area (Å²) in [5.74, 6) is 0.916. The number of carbonyl (C=O) groups excluding carboxylic acids is 1. The highest BCUT2D eigenvalue weighted by atomic mass is 35.5. The first-order valence-electron chi connectivity index (χ1n) is 8.58. The van der Waals surface area contributed by atoms with Gasteiger partial charge in [-0.1, -0.05) is 29.4 Å². The minimum Gasteiger partial charge on any atom is -0.444 e. The highest BCUT2D eigenvalue weighted by Crippen LogP contribution is 2.26. The SMILES string of the molecule is CC(=O)Nc1cccc(-n2nnnc2SCc2coc(-c3ccc(Cl)cc3)n2)c1. The quantitative estimate of drug-likeness (QED) is 0.461. The predicted octanol–water partition coefficient (Wildman–Crippen LogP) is 4.22. The Morgan fingerprint density at radius 1 is 1.24 bits per heavy atom. The second-order valence-electron chi connectivity index (χ2n) is 6.04. The molecule has 1 N–H and O–H groups in total. The molecule has 0 spiro atoms. The van der Waals surface area contributed by atoms with E-state index in [0.717, 1.165) is 16.9 Å². The highest BCUT2D eigenvalue weighted by molar-refractivity contribution is 7.98. The van der Waals surface area contributed by atoms with E-state index < -0.39 is 0 Å². The van der Waals surface area contributed by atoms with Crippen molar-refractivity contribution in [2.45, 2.75) is 17.8 Å². The number of hydrogen-bond acceptors (Lipinski definition) is 7. The van der Waals surface area contributed by atoms with Gasteiger partial charge in [0.1, 0.15) is 6.26 Å². The Bertz CT molecular complexity index is 1140. The minimum absolute atomic E-state index is 0.143. The fourth-order valence-corrected chi connectivity index (χ4v) is 3.48. The molecule has 146 valence electrons. The fraction of sp³-hybridized carbons (Fsp3) is 0.105. The van der Waals surface area contributed by atoms with Crippen molar-refractivity contribution in [2.24, 2.45) is 0 Å². The van der Waals surface area contributed by atoms with Crippen molar-refractivity contribution in [3.05, 3.63) is 65.5 Å². The van der Waals surface area contributed by atoms with Crippen molar-refractivity contribution in [1.29, 1.82) is 0 Å². The third-order valence-corrected chi connectivity index (χ3v) is 5.05. The molecule has 2 aromatic carbocycles. The number of oxazole rings is 1. The molecule has 1 amide bonds. The van der Waals surface area contributed by atoms with E-state index in [1.54, 1.807) is 35.2 Å². The number of amides is 1. The Balaban J connectivity index is 1.48. The van der Waals surface area contributed by atoms with Gasteiger partial charge in [-0.25, -0.2) is 4.98 Å². The Kier molecular flexibility index (Phi) is 5.59. The molecule has 4 rings (SSSR count). The number of nitrogens with one attached hydrogen (secondary N) is 1. The van der Waals surface area contributed by atoms with Crippen LogP contribution in [-0.4, -0.2) is 31.1 Å². The Hall–Kier alpha value is -3.17. The van der Waals surface area contributed by atoms with E-state index in [1.165, 1.54) is 18.7 Å². The van der Waals surface area contributed by atoms with E-state index >= 15 is 0 Å². The number of aromatic nitrogens is 5. The van der Waals surface area contributed by atoms with Crippen molar-refractivity contribution >= 4 is 35.0 Å². The van der Waals surface area contributed by atoms with Gasteiger partial charge < -0.3 is 9.73 Å². The number of hydrogen-bond donors (Lipinski definition) is 1. The molecule has 0 saturated carbocycles. The van der Waals surface area contributed by atoms with Crippen LogP contribution in [0.15, 0.2) is 64.4 Å². The fourth-order valence-electron chi connectivity index (χ4n) is 2.59. The van der Waals surface area contributed by atoms with E-state index in [1.807, 2.05) is 24.3 Å². The Morgan fingerprint density at radius 2 is 2.07 bits per heavy atom. The minimum atomic E-state index is -0.143. The summed E-state index contributed by atoms with van der Waals surface area (Å²) in [5, 5.41) is 15.9. The zero-order valence-corrected chi connectivity index (χ0v) is 16.8. The molecule has 0 radical (unpaired) electrons. The van der Waals surface area contributed by atoms with E-state index in [4.69, 9.17) is 16.0 Å². The molecule has 0 aliphatic rings. The number of halogens is 1. The molecule has 2 heterocycles. The average molecular weight is 427 g/mol. The standard InChI is InChI=1S/C19H15ClN6O2S/c1-12(27)21-15-3-2-4-17(9-15)26-19(23-24-25-26)29-11-16-10-28-18(22-16)13-5-7-14(20)8-6-13/h2-10H,11H2,1H3,(H,21,27). The van der Waals surface area contributed by atoms with Gasteiger partial charge >= 0.3 is 0 Å². The second-order valence-corrected chi connectivity index (χ2v) is 7.42. The van der Waals surface area contributed by atoms with Crippen LogP contribution in [-0.2, 0) is 10.5 Å². The van der Waals surface area contributed by atoms with E-state index in [9.17, 15) is 4.79 Å². The van der Waals surface area contributed by atoms with Gasteiger partial charge in [-0.3, -0.25) is 4.79 Å². The van der Waals surface area contributed by atoms with Gasteiger partial charge in [0, 0.05) is 29.0 Å². The molecular formula is C19H15ClN6O2S. The molecule has 10 heteroatoms. The lowest BCUT2D eigenvalue weighted by Crippen LogP contribution is -2.07. The van der Waals surface area contributed by atoms with Crippen LogP contribution in [0.3, 0.4) is 0 Å². The number of benzene rings is 2. The molecule has 2 aromatic heterocycles. The molecular weight excluding hydrogens is 412 g/mol. The smallest absolute Gasteiger partial charge is 0.226 e. The molecule has 0 fully saturated rings. The van der Waals surface area contributed by atoms with Crippen LogP contribution >= 0.6 is 23.4 Å². The zero-order valence-electron chi connectivity index (χ0n) is 15.2. The third-order valence-electron chi connectivity index (χ3n) is 3.84. The second kappa shape index (κ2) is 8.46. The van der Waals surface area contributed by atoms with Crippen LogP contribution in [0.2, 0.25) is 5.02 Å². The molecule has 8 nitrogen and oxygen atoms in total. The average Bonchev–Trinajstić information content (AvgIpc) is 3.36. The maximum Gasteiger partial charge on any atom is 0.226 e. The van der Waals surface area contributed by atoms with Crippen LogP contribution in [0.25, 0.3) is 17.1 Å². The molecule has 4 aromatic rings. The lowest BCUT2D eigenvalue weighted by atomic mass is 10.2. The molecule has 0 saturated heterocycles. The van der Waals surface area contributed by atoms with E-state index in [2.05, 4.69) is 25.8 Å². The summed E-state index contributed by atoms with van der Waals surface area (Å²) in [5.41, 5.74) is 3.03. The molecule has 29 heavy (non-hydrogen) atoms. The van der Waals surface area contributed by atoms with Gasteiger partial charge in [-0.05, 0) is 52.9 Å². The first-order chi connectivity index (χ1) is 14.1. The van der Waals surface area contributed by atoms with Gasteiger partial charge in [0.05, 0.1) is 11.4 Å². The molecule has 0 atom stereocenters. The maximum atomic E-state index is 11.3. The van der Waals surface area contributed by atoms with Crippen LogP contribution in [0.1, 0.15) is 12.6 Å². The Morgan fingerprint density at radius 3 is 2.86 bits per heavy atom. The lowest BCUT2D eigenvalue weighted by Gasteiger charge is -2.06. The van der Waals surface area contributed by atoms with Gasteiger partial charge in [-0.2, -0.15) is 4.68 Å². The lowest BCUT2D eigenvalue weighted by molar-refractivity contribution is -0.114. The molecule has 0 aliphatic carbocycles. The summed E-state index contributed by atoms with van der Waals surface area (Å²) in [6.07, 6.45) is 1.61. The van der Waals surface area contributed by atoms with E-state index in [0.29, 0.717) is 27.5 Å². The summed E-state index contributed by atoms with van der Waals surface area (Å²) in [6, 6.07) is 14.6. The summed E-state index contributed by atoms with van der Waals surface area (Å²) in [7, 11) is 0. The predicted molar refractivity (Wildman–Crippen MR) is 110 cm³/mol. The molecule has 0 aliphatic heterocycles. The number of carbonyl (C=O) groups is 1. The number of tetrazole rings is 1. The van der Waals surface area contributed by atoms with Gasteiger partial charge in [0.25, 0.3) is 0 Å². The number of anilines is 1. The number of nitrogens with zero attached hydrogens (tertiary/aromatic N) is 5. The monoisotopic (exact) mass is 426 g/mol. The Labute approximate surface area is 175 Å². The van der Waals surface area contributed by atoms with Crippen LogP contribution in [0.4, 0.5) is 5.69 Å². The molecule has 0 bridgehead atoms. The summed E-state index contributed by atoms with van der Waals surface area (Å²) in [6.45, 7) is 1.46. The first kappa shape index (κ1) is 19.2. The highest BCUT2D eigenvalue weighted by Gasteiger charge is 2.12. The van der Waals surface area contributed by atoms with Crippen molar-refractivity contribution in [3.8, 4) is 17.1 Å². The van der Waals surface area contributed by atoms with Crippen molar-refractivity contribution in [2.75, 3.05) is 5.32 Å². The topological polar surface area (TPSA) is 98.7 Å². The first-order valence-corrected chi connectivity index (χ1v) is 9.94. The zero-order chi connectivity index (χ0) is 20.2. The van der Waals surface area contributed by atoms with Crippen LogP contribution in [0, 0.1) is 0 Å². The van der Waals surface area contributed by atoms with Gasteiger partial charge in [-0.15, -0.1) is 5.10 Å². The van der Waals surface area contributed by atoms with E-state index in [-0.39, 0.29) is 5.91 Å². The summed E-state index contributed by atoms with van der Waals surface area (Å²) in [4.78, 5) is 15.8. The number of rotatable bonds is 6. The molecule has 0 unspecified atom stereocenters. The largest absolute Gasteiger partial charge is 0.444 e. The summed E-state index contributed by atoms with van der Waals surface area (Å²) >= 11 is 7.34. The van der Waals surface area contributed by atoms with Crippen molar-refractivity contribution < 1.29 is 9.21 Å². The van der Waals surface area contributed by atoms with Gasteiger partial charge in [0.15, 0.2) is 0 Å². The van der Waals surface area contributed by atoms with Crippen LogP contribution in [0.5, 0.6) is 0 Å². The summed E-state index contributed by atoms with van der Waals surface area (Å²) < 4.78 is 7.17. The maximum absolute atomic E-state index is 11.3.